The molecule has 0 fully saturated rings. The van der Waals surface area contributed by atoms with Gasteiger partial charge in [-0.05, 0) is 12.8 Å². The van der Waals surface area contributed by atoms with Crippen LogP contribution in [0.15, 0.2) is 0 Å². The standard InChI is InChI=1S/C7H16N2O3/c1-3-5(10)9(7(8)12)6(11)4-2/h5-6,10-11H,3-4H2,1-2H3,(H2,8,12). The number of aliphatic hydroxyl groups excluding tert-OH is 2. The van der Waals surface area contributed by atoms with Gasteiger partial charge in [0.05, 0.1) is 0 Å². The quantitative estimate of drug-likeness (QED) is 0.519. The monoisotopic (exact) mass is 176 g/mol. The molecular formula is C7H16N2O3. The average molecular weight is 176 g/mol. The van der Waals surface area contributed by atoms with Gasteiger partial charge in [0.1, 0.15) is 12.5 Å². The Kier molecular flexibility index (Phi) is 4.61. The second-order valence-electron chi connectivity index (χ2n) is 2.52. The Labute approximate surface area is 71.8 Å². The van der Waals surface area contributed by atoms with Gasteiger partial charge < -0.3 is 15.9 Å². The van der Waals surface area contributed by atoms with E-state index in [2.05, 4.69) is 0 Å². The van der Waals surface area contributed by atoms with Crippen molar-refractivity contribution in [1.29, 1.82) is 0 Å². The Balaban J connectivity index is 4.32. The molecule has 0 aliphatic heterocycles. The van der Waals surface area contributed by atoms with Crippen molar-refractivity contribution < 1.29 is 15.0 Å². The Morgan fingerprint density at radius 2 is 1.67 bits per heavy atom. The zero-order valence-electron chi connectivity index (χ0n) is 7.40. The smallest absolute Gasteiger partial charge is 0.318 e. The molecule has 0 aromatic rings. The molecule has 2 atom stereocenters. The van der Waals surface area contributed by atoms with Crippen LogP contribution in [0.25, 0.3) is 0 Å². The first-order chi connectivity index (χ1) is 5.54. The predicted octanol–water partition coefficient (Wildman–Crippen LogP) is -0.176. The van der Waals surface area contributed by atoms with Gasteiger partial charge in [0.15, 0.2) is 0 Å². The molecule has 12 heavy (non-hydrogen) atoms. The number of hydrogen-bond donors (Lipinski definition) is 3. The molecule has 0 saturated carbocycles. The molecule has 0 aromatic carbocycles. The van der Waals surface area contributed by atoms with Crippen LogP contribution in [-0.4, -0.2) is 33.6 Å². The van der Waals surface area contributed by atoms with Gasteiger partial charge >= 0.3 is 6.03 Å². The second-order valence-corrected chi connectivity index (χ2v) is 2.52. The van der Waals surface area contributed by atoms with Gasteiger partial charge in [-0.25, -0.2) is 4.79 Å². The molecule has 5 heteroatoms. The lowest BCUT2D eigenvalue weighted by Crippen LogP contribution is -2.49. The Morgan fingerprint density at radius 1 is 1.33 bits per heavy atom. The molecule has 0 aromatic heterocycles. The van der Waals surface area contributed by atoms with E-state index in [1.165, 1.54) is 0 Å². The van der Waals surface area contributed by atoms with E-state index in [1.807, 2.05) is 0 Å². The minimum atomic E-state index is -1.00. The van der Waals surface area contributed by atoms with Crippen LogP contribution in [-0.2, 0) is 0 Å². The fraction of sp³-hybridized carbons (Fsp3) is 0.857. The van der Waals surface area contributed by atoms with Crippen LogP contribution in [0.3, 0.4) is 0 Å². The molecule has 0 bridgehead atoms. The average Bonchev–Trinajstić information content (AvgIpc) is 2.03. The van der Waals surface area contributed by atoms with Gasteiger partial charge in [-0.1, -0.05) is 13.8 Å². The summed E-state index contributed by atoms with van der Waals surface area (Å²) in [6.45, 7) is 3.39. The molecule has 0 aliphatic rings. The molecular weight excluding hydrogens is 160 g/mol. The number of hydrogen-bond acceptors (Lipinski definition) is 3. The first-order valence-corrected chi connectivity index (χ1v) is 3.98. The highest BCUT2D eigenvalue weighted by Crippen LogP contribution is 2.07. The molecule has 2 amide bonds. The topological polar surface area (TPSA) is 86.8 Å². The van der Waals surface area contributed by atoms with Crippen LogP contribution in [0, 0.1) is 0 Å². The third-order valence-electron chi connectivity index (χ3n) is 1.63. The largest absolute Gasteiger partial charge is 0.373 e. The molecule has 0 rings (SSSR count). The molecule has 0 saturated heterocycles. The normalized spacial score (nSPS) is 15.3. The van der Waals surface area contributed by atoms with Crippen LogP contribution >= 0.6 is 0 Å². The predicted molar refractivity (Wildman–Crippen MR) is 44.0 cm³/mol. The van der Waals surface area contributed by atoms with Gasteiger partial charge in [-0.15, -0.1) is 0 Å². The van der Waals surface area contributed by atoms with Crippen LogP contribution < -0.4 is 5.73 Å². The van der Waals surface area contributed by atoms with Crippen LogP contribution in [0.5, 0.6) is 0 Å². The van der Waals surface area contributed by atoms with Crippen LogP contribution in [0.2, 0.25) is 0 Å². The van der Waals surface area contributed by atoms with E-state index in [-0.39, 0.29) is 0 Å². The van der Waals surface area contributed by atoms with E-state index in [4.69, 9.17) is 5.73 Å². The zero-order chi connectivity index (χ0) is 9.72. The number of nitrogens with zero attached hydrogens (tertiary/aromatic N) is 1. The van der Waals surface area contributed by atoms with E-state index in [9.17, 15) is 15.0 Å². The maximum atomic E-state index is 10.7. The summed E-state index contributed by atoms with van der Waals surface area (Å²) in [6.07, 6.45) is -1.31. The molecule has 0 aliphatic carbocycles. The van der Waals surface area contributed by atoms with Crippen molar-refractivity contribution in [3.63, 3.8) is 0 Å². The van der Waals surface area contributed by atoms with Crippen molar-refractivity contribution in [2.24, 2.45) is 5.73 Å². The molecule has 5 nitrogen and oxygen atoms in total. The van der Waals surface area contributed by atoms with Gasteiger partial charge in [0, 0.05) is 0 Å². The zero-order valence-corrected chi connectivity index (χ0v) is 7.40. The lowest BCUT2D eigenvalue weighted by molar-refractivity contribution is -0.0695. The highest BCUT2D eigenvalue weighted by Gasteiger charge is 2.23. The van der Waals surface area contributed by atoms with Crippen molar-refractivity contribution >= 4 is 6.03 Å². The second kappa shape index (κ2) is 4.95. The highest BCUT2D eigenvalue weighted by molar-refractivity contribution is 5.72. The molecule has 72 valence electrons. The van der Waals surface area contributed by atoms with Crippen molar-refractivity contribution in [3.8, 4) is 0 Å². The van der Waals surface area contributed by atoms with Gasteiger partial charge in [-0.3, -0.25) is 4.90 Å². The third-order valence-corrected chi connectivity index (χ3v) is 1.63. The first kappa shape index (κ1) is 11.2. The number of carbonyl (C=O) groups is 1. The minimum Gasteiger partial charge on any atom is -0.373 e. The number of aliphatic hydroxyl groups is 2. The van der Waals surface area contributed by atoms with E-state index in [1.54, 1.807) is 13.8 Å². The van der Waals surface area contributed by atoms with E-state index in [0.717, 1.165) is 4.90 Å². The van der Waals surface area contributed by atoms with Gasteiger partial charge in [0.2, 0.25) is 0 Å². The summed E-state index contributed by atoms with van der Waals surface area (Å²) in [6, 6.07) is -0.807. The number of carbonyl (C=O) groups excluding carboxylic acids is 1. The number of amides is 2. The van der Waals surface area contributed by atoms with Crippen LogP contribution in [0.1, 0.15) is 26.7 Å². The van der Waals surface area contributed by atoms with Crippen molar-refractivity contribution in [2.45, 2.75) is 39.1 Å². The van der Waals surface area contributed by atoms with E-state index < -0.39 is 18.5 Å². The SMILES string of the molecule is CCC(O)N(C(N)=O)C(O)CC. The fourth-order valence-electron chi connectivity index (χ4n) is 0.886. The summed E-state index contributed by atoms with van der Waals surface area (Å²) in [7, 11) is 0. The number of rotatable bonds is 4. The van der Waals surface area contributed by atoms with Crippen molar-refractivity contribution in [3.05, 3.63) is 0 Å². The molecule has 0 heterocycles. The van der Waals surface area contributed by atoms with Crippen molar-refractivity contribution in [1.82, 2.24) is 4.90 Å². The molecule has 2 unspecified atom stereocenters. The fourth-order valence-corrected chi connectivity index (χ4v) is 0.886. The number of nitrogens with two attached hydrogens (primary N) is 1. The summed E-state index contributed by atoms with van der Waals surface area (Å²) in [5, 5.41) is 18.5. The molecule has 0 radical (unpaired) electrons. The summed E-state index contributed by atoms with van der Waals surface area (Å²) in [4.78, 5) is 11.6. The maximum Gasteiger partial charge on any atom is 0.318 e. The Bertz CT molecular complexity index is 142. The number of primary amides is 1. The summed E-state index contributed by atoms with van der Waals surface area (Å²) in [5.41, 5.74) is 4.96. The molecule has 4 N–H and O–H groups in total. The van der Waals surface area contributed by atoms with Crippen molar-refractivity contribution in [2.75, 3.05) is 0 Å². The third kappa shape index (κ3) is 2.67. The summed E-state index contributed by atoms with van der Waals surface area (Å²) in [5.74, 6) is 0. The lowest BCUT2D eigenvalue weighted by atomic mass is 10.3. The maximum absolute atomic E-state index is 10.7. The summed E-state index contributed by atoms with van der Waals surface area (Å²) >= 11 is 0. The lowest BCUT2D eigenvalue weighted by Gasteiger charge is -2.29. The van der Waals surface area contributed by atoms with Gasteiger partial charge in [0.25, 0.3) is 0 Å². The van der Waals surface area contributed by atoms with Gasteiger partial charge in [-0.2, -0.15) is 0 Å². The molecule has 0 spiro atoms. The Hall–Kier alpha value is -0.810. The number of urea groups is 1. The van der Waals surface area contributed by atoms with E-state index >= 15 is 0 Å². The summed E-state index contributed by atoms with van der Waals surface area (Å²) < 4.78 is 0. The van der Waals surface area contributed by atoms with Crippen LogP contribution in [0.4, 0.5) is 4.79 Å². The highest BCUT2D eigenvalue weighted by atomic mass is 16.3. The van der Waals surface area contributed by atoms with E-state index in [0.29, 0.717) is 12.8 Å². The minimum absolute atomic E-state index is 0.347. The first-order valence-electron chi connectivity index (χ1n) is 3.98. The Morgan fingerprint density at radius 3 is 1.83 bits per heavy atom.